The molecule has 5 nitrogen and oxygen atoms in total. The molecule has 0 unspecified atom stereocenters. The minimum absolute atomic E-state index is 0.217. The van der Waals surface area contributed by atoms with Gasteiger partial charge >= 0.3 is 6.16 Å². The summed E-state index contributed by atoms with van der Waals surface area (Å²) in [6.07, 6.45) is -0.973. The second-order valence-corrected chi connectivity index (χ2v) is 5.05. The van der Waals surface area contributed by atoms with Crippen molar-refractivity contribution in [1.82, 2.24) is 9.78 Å². The van der Waals surface area contributed by atoms with Gasteiger partial charge in [0.2, 0.25) is 4.32 Å². The molecule has 0 fully saturated rings. The molecule has 0 aliphatic heterocycles. The molecule has 7 heteroatoms. The Morgan fingerprint density at radius 2 is 2.18 bits per heavy atom. The Balaban J connectivity index is 2.50. The van der Waals surface area contributed by atoms with Crippen molar-refractivity contribution in [2.24, 2.45) is 0 Å². The normalized spacial score (nSPS) is 10.4. The van der Waals surface area contributed by atoms with E-state index in [-0.39, 0.29) is 6.10 Å². The van der Waals surface area contributed by atoms with Gasteiger partial charge in [0.15, 0.2) is 0 Å². The van der Waals surface area contributed by atoms with E-state index in [0.29, 0.717) is 4.32 Å². The predicted molar refractivity (Wildman–Crippen MR) is 70.0 cm³/mol. The van der Waals surface area contributed by atoms with Crippen molar-refractivity contribution in [3.63, 3.8) is 0 Å². The van der Waals surface area contributed by atoms with Gasteiger partial charge in [-0.2, -0.15) is 5.10 Å². The molecule has 0 amide bonds. The number of nitrogens with zero attached hydrogens (tertiary/aromatic N) is 2. The zero-order valence-electron chi connectivity index (χ0n) is 10.1. The maximum atomic E-state index is 11.1. The molecule has 0 bridgehead atoms. The molecule has 1 aromatic heterocycles. The van der Waals surface area contributed by atoms with Crippen LogP contribution in [0.1, 0.15) is 25.2 Å². The molecule has 0 aromatic carbocycles. The largest absolute Gasteiger partial charge is 0.521 e. The summed E-state index contributed by atoms with van der Waals surface area (Å²) in [5.41, 5.74) is 1.75. The van der Waals surface area contributed by atoms with Gasteiger partial charge in [0.25, 0.3) is 0 Å². The lowest BCUT2D eigenvalue weighted by Crippen LogP contribution is -2.14. The molecule has 1 aromatic rings. The summed E-state index contributed by atoms with van der Waals surface area (Å²) in [5, 5.41) is 4.17. The van der Waals surface area contributed by atoms with Gasteiger partial charge in [-0.25, -0.2) is 9.48 Å². The highest BCUT2D eigenvalue weighted by Gasteiger charge is 2.13. The molecule has 0 spiro atoms. The summed E-state index contributed by atoms with van der Waals surface area (Å²) in [7, 11) is 0. The molecule has 0 radical (unpaired) electrons. The van der Waals surface area contributed by atoms with Gasteiger partial charge in [0.05, 0.1) is 11.8 Å². The number of carbonyl (C=O) groups is 1. The quantitative estimate of drug-likeness (QED) is 0.446. The first-order valence-electron chi connectivity index (χ1n) is 5.03. The summed E-state index contributed by atoms with van der Waals surface area (Å²) >= 11 is 5.85. The lowest BCUT2D eigenvalue weighted by Gasteiger charge is -2.08. The third kappa shape index (κ3) is 4.35. The number of aryl methyl sites for hydroxylation is 2. The van der Waals surface area contributed by atoms with Gasteiger partial charge in [0, 0.05) is 5.69 Å². The first kappa shape index (κ1) is 14.0. The maximum Gasteiger partial charge on any atom is 0.521 e. The van der Waals surface area contributed by atoms with Crippen molar-refractivity contribution in [2.75, 3.05) is 0 Å². The van der Waals surface area contributed by atoms with Crippen molar-refractivity contribution < 1.29 is 13.7 Å². The highest BCUT2D eigenvalue weighted by molar-refractivity contribution is 8.20. The van der Waals surface area contributed by atoms with Gasteiger partial charge in [0.1, 0.15) is 12.0 Å². The Morgan fingerprint density at radius 1 is 1.53 bits per heavy atom. The summed E-state index contributed by atoms with van der Waals surface area (Å²) in [4.78, 5) is 11.1. The highest BCUT2D eigenvalue weighted by Crippen LogP contribution is 2.13. The third-order valence-corrected chi connectivity index (χ3v) is 2.61. The second kappa shape index (κ2) is 6.02. The summed E-state index contributed by atoms with van der Waals surface area (Å²) in [6.45, 7) is 7.22. The van der Waals surface area contributed by atoms with Crippen molar-refractivity contribution >= 4 is 34.7 Å². The zero-order chi connectivity index (χ0) is 13.0. The molecule has 94 valence electrons. The predicted octanol–water partition coefficient (Wildman–Crippen LogP) is 2.84. The van der Waals surface area contributed by atoms with E-state index in [0.717, 1.165) is 23.4 Å². The molecule has 0 atom stereocenters. The average molecular weight is 274 g/mol. The van der Waals surface area contributed by atoms with E-state index in [9.17, 15) is 4.79 Å². The molecular formula is C10H14N2O3S2. The Labute approximate surface area is 110 Å². The van der Waals surface area contributed by atoms with Gasteiger partial charge in [-0.1, -0.05) is 0 Å². The lowest BCUT2D eigenvalue weighted by molar-refractivity contribution is 0.0794. The fourth-order valence-electron chi connectivity index (χ4n) is 1.13. The van der Waals surface area contributed by atoms with E-state index in [1.165, 1.54) is 4.68 Å². The molecule has 0 aliphatic carbocycles. The topological polar surface area (TPSA) is 53.4 Å². The van der Waals surface area contributed by atoms with Gasteiger partial charge < -0.3 is 8.92 Å². The van der Waals surface area contributed by atoms with Crippen LogP contribution in [-0.4, -0.2) is 26.4 Å². The van der Waals surface area contributed by atoms with E-state index in [2.05, 4.69) is 5.10 Å². The number of thiocarbonyl (C=S) groups is 1. The molecule has 1 heterocycles. The third-order valence-electron chi connectivity index (χ3n) is 1.70. The highest BCUT2D eigenvalue weighted by atomic mass is 32.2. The van der Waals surface area contributed by atoms with Crippen LogP contribution in [0.25, 0.3) is 0 Å². The Morgan fingerprint density at radius 3 is 2.65 bits per heavy atom. The molecule has 0 saturated carbocycles. The van der Waals surface area contributed by atoms with E-state index < -0.39 is 6.16 Å². The van der Waals surface area contributed by atoms with Crippen LogP contribution in [0.2, 0.25) is 0 Å². The van der Waals surface area contributed by atoms with Gasteiger partial charge in [-0.3, -0.25) is 0 Å². The number of hydrogen-bond donors (Lipinski definition) is 0. The molecular weight excluding hydrogens is 260 g/mol. The summed E-state index contributed by atoms with van der Waals surface area (Å²) < 4.78 is 11.5. The van der Waals surface area contributed by atoms with Crippen LogP contribution in [0.4, 0.5) is 4.79 Å². The van der Waals surface area contributed by atoms with Crippen LogP contribution in [0.15, 0.2) is 6.07 Å². The first-order valence-corrected chi connectivity index (χ1v) is 6.18. The summed E-state index contributed by atoms with van der Waals surface area (Å²) in [6, 6.07) is 1.89. The van der Waals surface area contributed by atoms with E-state index in [1.54, 1.807) is 13.8 Å². The SMILES string of the molecule is Cc1cc(C)n(C(=S)SOC(=O)OC(C)C)n1. The smallest absolute Gasteiger partial charge is 0.431 e. The fourth-order valence-corrected chi connectivity index (χ4v) is 1.85. The van der Waals surface area contributed by atoms with Crippen LogP contribution in [-0.2, 0) is 8.92 Å². The number of aromatic nitrogens is 2. The lowest BCUT2D eigenvalue weighted by atomic mass is 10.4. The Bertz CT molecular complexity index is 429. The van der Waals surface area contributed by atoms with Crippen molar-refractivity contribution in [1.29, 1.82) is 0 Å². The van der Waals surface area contributed by atoms with Crippen LogP contribution in [0.3, 0.4) is 0 Å². The van der Waals surface area contributed by atoms with Crippen molar-refractivity contribution in [3.8, 4) is 0 Å². The number of hydrogen-bond acceptors (Lipinski definition) is 6. The van der Waals surface area contributed by atoms with Crippen LogP contribution in [0.5, 0.6) is 0 Å². The van der Waals surface area contributed by atoms with Gasteiger partial charge in [-0.05, 0) is 46.0 Å². The molecule has 0 saturated heterocycles. The molecule has 1 rings (SSSR count). The first-order chi connectivity index (χ1) is 7.90. The minimum atomic E-state index is -0.756. The Hall–Kier alpha value is -1.08. The maximum absolute atomic E-state index is 11.1. The monoisotopic (exact) mass is 274 g/mol. The van der Waals surface area contributed by atoms with E-state index in [4.69, 9.17) is 21.1 Å². The standard InChI is InChI=1S/C10H14N2O3S2/c1-6(2)14-10(13)15-17-9(16)12-8(4)5-7(3)11-12/h5-6H,1-4H3. The van der Waals surface area contributed by atoms with E-state index in [1.807, 2.05) is 19.9 Å². The van der Waals surface area contributed by atoms with Crippen LogP contribution in [0, 0.1) is 13.8 Å². The minimum Gasteiger partial charge on any atom is -0.431 e. The molecule has 0 aliphatic rings. The van der Waals surface area contributed by atoms with Crippen LogP contribution >= 0.6 is 24.3 Å². The van der Waals surface area contributed by atoms with Crippen molar-refractivity contribution in [2.45, 2.75) is 33.8 Å². The van der Waals surface area contributed by atoms with Crippen molar-refractivity contribution in [3.05, 3.63) is 17.5 Å². The number of ether oxygens (including phenoxy) is 1. The molecule has 17 heavy (non-hydrogen) atoms. The Kier molecular flexibility index (Phi) is 4.95. The molecule has 0 N–H and O–H groups in total. The number of carbonyl (C=O) groups excluding carboxylic acids is 1. The van der Waals surface area contributed by atoms with E-state index >= 15 is 0 Å². The average Bonchev–Trinajstić information content (AvgIpc) is 2.53. The zero-order valence-corrected chi connectivity index (χ0v) is 11.7. The summed E-state index contributed by atoms with van der Waals surface area (Å²) in [5.74, 6) is 0. The number of rotatable bonds is 1. The van der Waals surface area contributed by atoms with Crippen LogP contribution < -0.4 is 0 Å². The fraction of sp³-hybridized carbons (Fsp3) is 0.500. The second-order valence-electron chi connectivity index (χ2n) is 3.69. The van der Waals surface area contributed by atoms with Gasteiger partial charge in [-0.15, -0.1) is 0 Å².